The number of carbonyl (C=O) groups excluding carboxylic acids is 1. The van der Waals surface area contributed by atoms with Crippen LogP contribution in [0.2, 0.25) is 0 Å². The number of hydrogen-bond acceptors (Lipinski definition) is 3. The average molecular weight is 221 g/mol. The Labute approximate surface area is 97.1 Å². The van der Waals surface area contributed by atoms with Crippen molar-refractivity contribution in [3.63, 3.8) is 0 Å². The second kappa shape index (κ2) is 4.67. The van der Waals surface area contributed by atoms with E-state index < -0.39 is 0 Å². The van der Waals surface area contributed by atoms with E-state index in [1.165, 1.54) is 0 Å². The maximum absolute atomic E-state index is 12.2. The number of nitriles is 1. The molecule has 0 aliphatic carbocycles. The van der Waals surface area contributed by atoms with Gasteiger partial charge in [0.25, 0.3) is 0 Å². The van der Waals surface area contributed by atoms with Gasteiger partial charge in [-0.3, -0.25) is 9.69 Å². The SMILES string of the molecule is C=CCN1C(=O)C(CC#N)N(C)CC1(C)C. The lowest BCUT2D eigenvalue weighted by molar-refractivity contribution is -0.149. The van der Waals surface area contributed by atoms with Gasteiger partial charge in [0, 0.05) is 13.1 Å². The first-order chi connectivity index (χ1) is 7.44. The Balaban J connectivity index is 2.94. The van der Waals surface area contributed by atoms with Crippen molar-refractivity contribution in [2.24, 2.45) is 0 Å². The maximum Gasteiger partial charge on any atom is 0.241 e. The number of nitrogens with zero attached hydrogens (tertiary/aromatic N) is 3. The highest BCUT2D eigenvalue weighted by Gasteiger charge is 2.42. The van der Waals surface area contributed by atoms with Gasteiger partial charge in [-0.25, -0.2) is 0 Å². The summed E-state index contributed by atoms with van der Waals surface area (Å²) < 4.78 is 0. The van der Waals surface area contributed by atoms with Crippen molar-refractivity contribution in [2.75, 3.05) is 20.1 Å². The van der Waals surface area contributed by atoms with Crippen molar-refractivity contribution in [3.05, 3.63) is 12.7 Å². The zero-order chi connectivity index (χ0) is 12.3. The van der Waals surface area contributed by atoms with Gasteiger partial charge in [-0.1, -0.05) is 6.08 Å². The maximum atomic E-state index is 12.2. The van der Waals surface area contributed by atoms with Crippen LogP contribution in [0.4, 0.5) is 0 Å². The molecular formula is C12H19N3O. The van der Waals surface area contributed by atoms with Crippen LogP contribution in [0.15, 0.2) is 12.7 Å². The molecule has 1 amide bonds. The van der Waals surface area contributed by atoms with Crippen molar-refractivity contribution in [1.29, 1.82) is 5.26 Å². The van der Waals surface area contributed by atoms with Gasteiger partial charge in [-0.15, -0.1) is 6.58 Å². The number of rotatable bonds is 3. The minimum absolute atomic E-state index is 0.0280. The van der Waals surface area contributed by atoms with Crippen LogP contribution in [-0.2, 0) is 4.79 Å². The molecule has 1 atom stereocenters. The zero-order valence-corrected chi connectivity index (χ0v) is 10.2. The van der Waals surface area contributed by atoms with E-state index >= 15 is 0 Å². The zero-order valence-electron chi connectivity index (χ0n) is 10.2. The molecule has 1 unspecified atom stereocenters. The van der Waals surface area contributed by atoms with Crippen LogP contribution in [0.5, 0.6) is 0 Å². The van der Waals surface area contributed by atoms with Gasteiger partial charge in [0.15, 0.2) is 0 Å². The quantitative estimate of drug-likeness (QED) is 0.668. The molecule has 0 aromatic heterocycles. The number of carbonyl (C=O) groups is 1. The predicted molar refractivity (Wildman–Crippen MR) is 62.6 cm³/mol. The predicted octanol–water partition coefficient (Wildman–Crippen LogP) is 1.01. The third kappa shape index (κ3) is 2.25. The fraction of sp³-hybridized carbons (Fsp3) is 0.667. The molecule has 0 saturated carbocycles. The second-order valence-electron chi connectivity index (χ2n) is 4.84. The third-order valence-corrected chi connectivity index (χ3v) is 3.05. The van der Waals surface area contributed by atoms with Crippen LogP contribution in [0.1, 0.15) is 20.3 Å². The Hall–Kier alpha value is -1.34. The normalized spacial score (nSPS) is 25.2. The van der Waals surface area contributed by atoms with E-state index in [9.17, 15) is 4.79 Å². The Morgan fingerprint density at radius 1 is 1.69 bits per heavy atom. The van der Waals surface area contributed by atoms with Gasteiger partial charge in [0.2, 0.25) is 5.91 Å². The van der Waals surface area contributed by atoms with Crippen LogP contribution in [-0.4, -0.2) is 47.4 Å². The first-order valence-electron chi connectivity index (χ1n) is 5.43. The summed E-state index contributed by atoms with van der Waals surface area (Å²) in [6.45, 7) is 9.06. The minimum Gasteiger partial charge on any atom is -0.331 e. The van der Waals surface area contributed by atoms with Crippen molar-refractivity contribution in [2.45, 2.75) is 31.8 Å². The molecule has 1 aliphatic rings. The molecule has 1 aliphatic heterocycles. The first-order valence-corrected chi connectivity index (χ1v) is 5.43. The number of likely N-dealkylation sites (N-methyl/N-ethyl adjacent to an activating group) is 1. The molecule has 4 nitrogen and oxygen atoms in total. The van der Waals surface area contributed by atoms with Gasteiger partial charge >= 0.3 is 0 Å². The number of hydrogen-bond donors (Lipinski definition) is 0. The van der Waals surface area contributed by atoms with E-state index in [1.807, 2.05) is 30.7 Å². The largest absolute Gasteiger partial charge is 0.331 e. The summed E-state index contributed by atoms with van der Waals surface area (Å²) >= 11 is 0. The highest BCUT2D eigenvalue weighted by Crippen LogP contribution is 2.25. The van der Waals surface area contributed by atoms with E-state index in [0.717, 1.165) is 6.54 Å². The van der Waals surface area contributed by atoms with Gasteiger partial charge in [-0.2, -0.15) is 5.26 Å². The van der Waals surface area contributed by atoms with Crippen LogP contribution >= 0.6 is 0 Å². The molecule has 0 bridgehead atoms. The molecule has 0 radical (unpaired) electrons. The van der Waals surface area contributed by atoms with Crippen LogP contribution in [0.25, 0.3) is 0 Å². The topological polar surface area (TPSA) is 47.3 Å². The van der Waals surface area contributed by atoms with E-state index in [0.29, 0.717) is 6.54 Å². The summed E-state index contributed by atoms with van der Waals surface area (Å²) in [5.74, 6) is 0.0280. The molecule has 0 aromatic rings. The van der Waals surface area contributed by atoms with Gasteiger partial charge in [0.1, 0.15) is 6.04 Å². The van der Waals surface area contributed by atoms with Crippen molar-refractivity contribution >= 4 is 5.91 Å². The van der Waals surface area contributed by atoms with Crippen LogP contribution in [0, 0.1) is 11.3 Å². The van der Waals surface area contributed by atoms with Crippen LogP contribution < -0.4 is 0 Å². The molecule has 4 heteroatoms. The summed E-state index contributed by atoms with van der Waals surface area (Å²) in [7, 11) is 1.90. The third-order valence-electron chi connectivity index (χ3n) is 3.05. The van der Waals surface area contributed by atoms with Gasteiger partial charge < -0.3 is 4.90 Å². The molecule has 1 saturated heterocycles. The summed E-state index contributed by atoms with van der Waals surface area (Å²) in [4.78, 5) is 16.0. The van der Waals surface area contributed by atoms with Crippen molar-refractivity contribution in [1.82, 2.24) is 9.80 Å². The van der Waals surface area contributed by atoms with Crippen molar-refractivity contribution in [3.8, 4) is 6.07 Å². The van der Waals surface area contributed by atoms with Gasteiger partial charge in [-0.05, 0) is 20.9 Å². The second-order valence-corrected chi connectivity index (χ2v) is 4.84. The lowest BCUT2D eigenvalue weighted by Crippen LogP contribution is -2.65. The lowest BCUT2D eigenvalue weighted by atomic mass is 9.94. The van der Waals surface area contributed by atoms with E-state index in [4.69, 9.17) is 5.26 Å². The molecule has 0 spiro atoms. The summed E-state index contributed by atoms with van der Waals surface area (Å²) in [5, 5.41) is 8.73. The molecule has 16 heavy (non-hydrogen) atoms. The number of amides is 1. The molecule has 1 rings (SSSR count). The standard InChI is InChI=1S/C12H19N3O/c1-5-8-15-11(16)10(6-7-13)14(4)9-12(15,2)3/h5,10H,1,6,8-9H2,2-4H3. The lowest BCUT2D eigenvalue weighted by Gasteiger charge is -2.48. The van der Waals surface area contributed by atoms with Gasteiger partial charge in [0.05, 0.1) is 18.0 Å². The van der Waals surface area contributed by atoms with E-state index in [-0.39, 0.29) is 23.9 Å². The highest BCUT2D eigenvalue weighted by molar-refractivity contribution is 5.84. The summed E-state index contributed by atoms with van der Waals surface area (Å²) in [6.07, 6.45) is 1.98. The average Bonchev–Trinajstić information content (AvgIpc) is 2.18. The molecular weight excluding hydrogens is 202 g/mol. The smallest absolute Gasteiger partial charge is 0.241 e. The highest BCUT2D eigenvalue weighted by atomic mass is 16.2. The molecule has 0 N–H and O–H groups in total. The molecule has 1 fully saturated rings. The number of piperazine rings is 1. The fourth-order valence-corrected chi connectivity index (χ4v) is 2.27. The molecule has 88 valence electrons. The Morgan fingerprint density at radius 3 is 2.81 bits per heavy atom. The first kappa shape index (κ1) is 12.7. The van der Waals surface area contributed by atoms with Crippen molar-refractivity contribution < 1.29 is 4.79 Å². The Bertz CT molecular complexity index is 330. The monoisotopic (exact) mass is 221 g/mol. The molecule has 0 aromatic carbocycles. The minimum atomic E-state index is -0.307. The molecule has 1 heterocycles. The summed E-state index contributed by atoms with van der Waals surface area (Å²) in [5.41, 5.74) is -0.202. The Morgan fingerprint density at radius 2 is 2.31 bits per heavy atom. The van der Waals surface area contributed by atoms with Crippen LogP contribution in [0.3, 0.4) is 0 Å². The fourth-order valence-electron chi connectivity index (χ4n) is 2.27. The van der Waals surface area contributed by atoms with E-state index in [2.05, 4.69) is 12.6 Å². The van der Waals surface area contributed by atoms with E-state index in [1.54, 1.807) is 6.08 Å². The Kier molecular flexibility index (Phi) is 3.71. The summed E-state index contributed by atoms with van der Waals surface area (Å²) in [6, 6.07) is 1.77.